The van der Waals surface area contributed by atoms with E-state index in [0.29, 0.717) is 32.1 Å². The zero-order valence-electron chi connectivity index (χ0n) is 32.1. The summed E-state index contributed by atoms with van der Waals surface area (Å²) in [6, 6.07) is 0. The van der Waals surface area contributed by atoms with Gasteiger partial charge in [0, 0.05) is 33.0 Å². The zero-order chi connectivity index (χ0) is 34.9. The lowest BCUT2D eigenvalue weighted by atomic mass is 9.49. The van der Waals surface area contributed by atoms with Gasteiger partial charge in [0.25, 0.3) is 0 Å². The monoisotopic (exact) mass is 683 g/mol. The number of hydrogen-bond donors (Lipinski definition) is 5. The van der Waals surface area contributed by atoms with Crippen LogP contribution in [0.25, 0.3) is 0 Å². The second-order valence-electron chi connectivity index (χ2n) is 16.0. The van der Waals surface area contributed by atoms with Gasteiger partial charge in [-0.3, -0.25) is 0 Å². The molecule has 0 bridgehead atoms. The summed E-state index contributed by atoms with van der Waals surface area (Å²) in [6.07, 6.45) is 42.3. The summed E-state index contributed by atoms with van der Waals surface area (Å²) < 4.78 is 0. The maximum Gasteiger partial charge on any atom is 0.0436 e. The summed E-state index contributed by atoms with van der Waals surface area (Å²) >= 11 is 0. The lowest BCUT2D eigenvalue weighted by molar-refractivity contribution is -0.100. The summed E-state index contributed by atoms with van der Waals surface area (Å²) in [5.41, 5.74) is -0.776. The molecule has 1 atom stereocenters. The molecule has 0 spiro atoms. The van der Waals surface area contributed by atoms with Gasteiger partial charge >= 0.3 is 0 Å². The Kier molecular flexibility index (Phi) is 31.2. The highest BCUT2D eigenvalue weighted by Gasteiger charge is 2.52. The van der Waals surface area contributed by atoms with Crippen molar-refractivity contribution < 1.29 is 25.5 Å². The lowest BCUT2D eigenvalue weighted by Gasteiger charge is -2.56. The van der Waals surface area contributed by atoms with Crippen molar-refractivity contribution in [1.82, 2.24) is 0 Å². The average Bonchev–Trinajstić information content (AvgIpc) is 3.08. The number of aliphatic hydroxyl groups is 5. The van der Waals surface area contributed by atoms with E-state index in [1.807, 2.05) is 0 Å². The van der Waals surface area contributed by atoms with Crippen molar-refractivity contribution in [1.29, 1.82) is 0 Å². The van der Waals surface area contributed by atoms with Crippen molar-refractivity contribution in [3.63, 3.8) is 0 Å². The Morgan fingerprint density at radius 3 is 0.854 bits per heavy atom. The summed E-state index contributed by atoms with van der Waals surface area (Å²) in [5.74, 6) is 0.151. The first-order valence-corrected chi connectivity index (χ1v) is 21.7. The maximum absolute atomic E-state index is 10.4. The third kappa shape index (κ3) is 20.0. The average molecular weight is 683 g/mol. The van der Waals surface area contributed by atoms with Crippen molar-refractivity contribution in [2.45, 2.75) is 225 Å². The van der Waals surface area contributed by atoms with E-state index in [1.54, 1.807) is 0 Å². The lowest BCUT2D eigenvalue weighted by Crippen LogP contribution is -2.50. The number of hydrogen-bond acceptors (Lipinski definition) is 5. The van der Waals surface area contributed by atoms with E-state index in [4.69, 9.17) is 0 Å². The first-order valence-electron chi connectivity index (χ1n) is 21.7. The van der Waals surface area contributed by atoms with Crippen LogP contribution in [0.2, 0.25) is 0 Å². The van der Waals surface area contributed by atoms with Gasteiger partial charge in [0.05, 0.1) is 0 Å². The first-order chi connectivity index (χ1) is 23.7. The van der Waals surface area contributed by atoms with Gasteiger partial charge in [-0.05, 0) is 61.7 Å². The fraction of sp³-hybridized carbons (Fsp3) is 1.00. The van der Waals surface area contributed by atoms with E-state index in [2.05, 4.69) is 0 Å². The summed E-state index contributed by atoms with van der Waals surface area (Å²) in [6.45, 7) is 0.244. The summed E-state index contributed by atoms with van der Waals surface area (Å²) in [4.78, 5) is 0. The van der Waals surface area contributed by atoms with Crippen LogP contribution in [-0.2, 0) is 0 Å². The van der Waals surface area contributed by atoms with E-state index in [9.17, 15) is 25.5 Å². The van der Waals surface area contributed by atoms with Crippen LogP contribution in [0.1, 0.15) is 225 Å². The van der Waals surface area contributed by atoms with E-state index >= 15 is 0 Å². The molecule has 5 heteroatoms. The van der Waals surface area contributed by atoms with Crippen LogP contribution in [0.15, 0.2) is 0 Å². The van der Waals surface area contributed by atoms with Crippen LogP contribution < -0.4 is 0 Å². The third-order valence-corrected chi connectivity index (χ3v) is 12.6. The molecule has 48 heavy (non-hydrogen) atoms. The molecule has 5 nitrogen and oxygen atoms in total. The Labute approximate surface area is 299 Å². The summed E-state index contributed by atoms with van der Waals surface area (Å²) in [7, 11) is 0. The molecule has 5 N–H and O–H groups in total. The van der Waals surface area contributed by atoms with Gasteiger partial charge in [0.2, 0.25) is 0 Å². The molecular weight excluding hydrogens is 596 g/mol. The van der Waals surface area contributed by atoms with Crippen LogP contribution in [0, 0.1) is 16.7 Å². The molecule has 0 aromatic rings. The molecule has 1 rings (SSSR count). The minimum atomic E-state index is -0.414. The Balaban J connectivity index is 2.88. The minimum absolute atomic E-state index is 0.0283. The van der Waals surface area contributed by atoms with Gasteiger partial charge < -0.3 is 25.5 Å². The molecule has 1 fully saturated rings. The molecule has 0 aromatic carbocycles. The Morgan fingerprint density at radius 2 is 0.583 bits per heavy atom. The highest BCUT2D eigenvalue weighted by molar-refractivity contribution is 5.02. The van der Waals surface area contributed by atoms with E-state index < -0.39 is 5.41 Å². The smallest absolute Gasteiger partial charge is 0.0436 e. The maximum atomic E-state index is 10.4. The molecule has 0 saturated heterocycles. The fourth-order valence-electron chi connectivity index (χ4n) is 9.75. The van der Waals surface area contributed by atoms with Gasteiger partial charge in [0.15, 0.2) is 0 Å². The zero-order valence-corrected chi connectivity index (χ0v) is 32.1. The van der Waals surface area contributed by atoms with E-state index in [1.165, 1.54) is 161 Å². The van der Waals surface area contributed by atoms with Crippen molar-refractivity contribution in [3.8, 4) is 0 Å². The summed E-state index contributed by atoms with van der Waals surface area (Å²) in [5, 5.41) is 51.9. The van der Waals surface area contributed by atoms with Crippen LogP contribution in [-0.4, -0.2) is 58.6 Å². The van der Waals surface area contributed by atoms with Crippen molar-refractivity contribution in [2.24, 2.45) is 16.7 Å². The molecule has 0 aliphatic heterocycles. The molecule has 0 amide bonds. The van der Waals surface area contributed by atoms with E-state index in [0.717, 1.165) is 32.1 Å². The molecule has 288 valence electrons. The van der Waals surface area contributed by atoms with E-state index in [-0.39, 0.29) is 44.4 Å². The minimum Gasteiger partial charge on any atom is -0.396 e. The Bertz CT molecular complexity index is 643. The van der Waals surface area contributed by atoms with Crippen molar-refractivity contribution in [2.75, 3.05) is 33.0 Å². The second-order valence-corrected chi connectivity index (χ2v) is 16.0. The van der Waals surface area contributed by atoms with Gasteiger partial charge in [0.1, 0.15) is 0 Å². The largest absolute Gasteiger partial charge is 0.396 e. The van der Waals surface area contributed by atoms with Crippen LogP contribution in [0.4, 0.5) is 0 Å². The Hall–Kier alpha value is -0.200. The molecule has 0 aromatic heterocycles. The quantitative estimate of drug-likeness (QED) is 0.158. The number of rotatable bonds is 10. The molecular formula is C43H86O5. The molecule has 1 unspecified atom stereocenters. The molecule has 1 aliphatic rings. The van der Waals surface area contributed by atoms with Crippen LogP contribution in [0.5, 0.6) is 0 Å². The highest BCUT2D eigenvalue weighted by atomic mass is 16.3. The SMILES string of the molecule is OCCC1CCCCCCCCCCCCCCCCCCCCCCCCCCCCCCC(CCO)(CCO)C1(CCO)CCO. The normalized spacial score (nSPS) is 24.1. The molecule has 0 heterocycles. The topological polar surface area (TPSA) is 101 Å². The van der Waals surface area contributed by atoms with Gasteiger partial charge in [-0.25, -0.2) is 0 Å². The van der Waals surface area contributed by atoms with Crippen molar-refractivity contribution in [3.05, 3.63) is 0 Å². The second kappa shape index (κ2) is 32.7. The number of aliphatic hydroxyl groups excluding tert-OH is 5. The predicted octanol–water partition coefficient (Wildman–Crippen LogP) is 11.2. The van der Waals surface area contributed by atoms with Crippen LogP contribution in [0.3, 0.4) is 0 Å². The predicted molar refractivity (Wildman–Crippen MR) is 205 cm³/mol. The van der Waals surface area contributed by atoms with Gasteiger partial charge in [-0.15, -0.1) is 0 Å². The van der Waals surface area contributed by atoms with Crippen molar-refractivity contribution >= 4 is 0 Å². The molecule has 1 aliphatic carbocycles. The highest BCUT2D eigenvalue weighted by Crippen LogP contribution is 2.59. The fourth-order valence-corrected chi connectivity index (χ4v) is 9.75. The van der Waals surface area contributed by atoms with Crippen LogP contribution >= 0.6 is 0 Å². The Morgan fingerprint density at radius 1 is 0.312 bits per heavy atom. The van der Waals surface area contributed by atoms with Gasteiger partial charge in [-0.1, -0.05) is 180 Å². The third-order valence-electron chi connectivity index (χ3n) is 12.6. The van der Waals surface area contributed by atoms with Gasteiger partial charge in [-0.2, -0.15) is 0 Å². The first kappa shape index (κ1) is 45.8. The molecule has 1 saturated carbocycles. The standard InChI is InChI=1S/C43H86O5/c44-36-30-41-29-27-25-23-21-19-17-15-13-11-9-7-5-3-1-2-4-6-8-10-12-14-16-18-20-22-24-26-28-31-42(32-37-45,33-38-46)43(41,34-39-47)35-40-48/h41,44-48H,1-40H2. The molecule has 0 radical (unpaired) electrons.